The Morgan fingerprint density at radius 1 is 1.45 bits per heavy atom. The van der Waals surface area contributed by atoms with Gasteiger partial charge >= 0.3 is 0 Å². The molecule has 116 valence electrons. The average Bonchev–Trinajstić information content (AvgIpc) is 2.87. The average molecular weight is 301 g/mol. The molecule has 1 fully saturated rings. The quantitative estimate of drug-likeness (QED) is 0.927. The fourth-order valence-corrected chi connectivity index (χ4v) is 3.20. The van der Waals surface area contributed by atoms with Crippen LogP contribution in [0.25, 0.3) is 10.9 Å². The van der Waals surface area contributed by atoms with Gasteiger partial charge in [0.05, 0.1) is 16.8 Å². The zero-order valence-electron chi connectivity index (χ0n) is 12.8. The maximum absolute atomic E-state index is 13.3. The summed E-state index contributed by atoms with van der Waals surface area (Å²) in [5.41, 5.74) is 7.52. The lowest BCUT2D eigenvalue weighted by Gasteiger charge is -2.22. The Kier molecular flexibility index (Phi) is 3.83. The van der Waals surface area contributed by atoms with Crippen LogP contribution in [0, 0.1) is 18.7 Å². The van der Waals surface area contributed by atoms with Crippen molar-refractivity contribution in [3.8, 4) is 0 Å². The number of nitrogens with zero attached hydrogens (tertiary/aromatic N) is 2. The summed E-state index contributed by atoms with van der Waals surface area (Å²) in [7, 11) is 0. The van der Waals surface area contributed by atoms with Gasteiger partial charge < -0.3 is 10.6 Å². The predicted octanol–water partition coefficient (Wildman–Crippen LogP) is 2.49. The minimum Gasteiger partial charge on any atom is -0.336 e. The number of pyridine rings is 1. The summed E-state index contributed by atoms with van der Waals surface area (Å²) in [6.45, 7) is 5.13. The summed E-state index contributed by atoms with van der Waals surface area (Å²) in [5.74, 6) is 0.0267. The fourth-order valence-electron chi connectivity index (χ4n) is 3.20. The molecule has 1 aromatic carbocycles. The highest BCUT2D eigenvalue weighted by molar-refractivity contribution is 5.99. The molecule has 2 aromatic rings. The molecule has 2 heterocycles. The topological polar surface area (TPSA) is 59.2 Å². The predicted molar refractivity (Wildman–Crippen MR) is 84.1 cm³/mol. The summed E-state index contributed by atoms with van der Waals surface area (Å²) in [5, 5.41) is 0.776. The second-order valence-corrected chi connectivity index (χ2v) is 6.10. The summed E-state index contributed by atoms with van der Waals surface area (Å²) < 4.78 is 13.3. The first-order valence-corrected chi connectivity index (χ1v) is 7.57. The van der Waals surface area contributed by atoms with Gasteiger partial charge in [-0.05, 0) is 50.9 Å². The van der Waals surface area contributed by atoms with Gasteiger partial charge in [0.1, 0.15) is 5.82 Å². The minimum absolute atomic E-state index is 0.0142. The minimum atomic E-state index is -0.322. The third-order valence-corrected chi connectivity index (χ3v) is 4.46. The number of hydrogen-bond acceptors (Lipinski definition) is 3. The summed E-state index contributed by atoms with van der Waals surface area (Å²) in [6.07, 6.45) is 0.938. The van der Waals surface area contributed by atoms with E-state index in [1.54, 1.807) is 13.0 Å². The molecule has 1 aromatic heterocycles. The third kappa shape index (κ3) is 2.57. The van der Waals surface area contributed by atoms with Crippen molar-refractivity contribution in [2.75, 3.05) is 13.1 Å². The van der Waals surface area contributed by atoms with E-state index >= 15 is 0 Å². The molecule has 2 unspecified atom stereocenters. The Bertz CT molecular complexity index is 731. The van der Waals surface area contributed by atoms with Crippen molar-refractivity contribution in [1.82, 2.24) is 9.88 Å². The van der Waals surface area contributed by atoms with Gasteiger partial charge in [0.15, 0.2) is 0 Å². The van der Waals surface area contributed by atoms with Gasteiger partial charge in [0.2, 0.25) is 0 Å². The number of aryl methyl sites for hydroxylation is 1. The number of fused-ring (bicyclic) bond motifs is 1. The standard InChI is InChI=1S/C17H20FN3O/c1-10-5-12(8-19)9-21(10)17(22)15-6-13-3-4-14(18)7-16(13)20-11(15)2/h3-4,6-7,10,12H,5,8-9,19H2,1-2H3. The Morgan fingerprint density at radius 3 is 2.91 bits per heavy atom. The van der Waals surface area contributed by atoms with Crippen LogP contribution in [0.15, 0.2) is 24.3 Å². The molecule has 1 amide bonds. The van der Waals surface area contributed by atoms with Crippen LogP contribution in [0.5, 0.6) is 0 Å². The number of hydrogen-bond donors (Lipinski definition) is 1. The fraction of sp³-hybridized carbons (Fsp3) is 0.412. The maximum atomic E-state index is 13.3. The second-order valence-electron chi connectivity index (χ2n) is 6.10. The summed E-state index contributed by atoms with van der Waals surface area (Å²) in [4.78, 5) is 19.1. The smallest absolute Gasteiger partial charge is 0.255 e. The summed E-state index contributed by atoms with van der Waals surface area (Å²) in [6, 6.07) is 6.42. The molecule has 0 aliphatic carbocycles. The SMILES string of the molecule is Cc1nc2cc(F)ccc2cc1C(=O)N1CC(CN)CC1C. The number of rotatable bonds is 2. The number of aromatic nitrogens is 1. The van der Waals surface area contributed by atoms with E-state index in [1.165, 1.54) is 12.1 Å². The molecule has 0 bridgehead atoms. The number of carbonyl (C=O) groups excluding carboxylic acids is 1. The first-order chi connectivity index (χ1) is 10.5. The molecule has 0 spiro atoms. The van der Waals surface area contributed by atoms with Crippen molar-refractivity contribution in [1.29, 1.82) is 0 Å². The molecule has 1 aliphatic rings. The van der Waals surface area contributed by atoms with E-state index in [9.17, 15) is 9.18 Å². The van der Waals surface area contributed by atoms with Crippen LogP contribution in [0.3, 0.4) is 0 Å². The maximum Gasteiger partial charge on any atom is 0.255 e. The Labute approximate surface area is 129 Å². The van der Waals surface area contributed by atoms with E-state index in [0.29, 0.717) is 35.8 Å². The number of benzene rings is 1. The first-order valence-electron chi connectivity index (χ1n) is 7.57. The number of amides is 1. The first kappa shape index (κ1) is 14.9. The van der Waals surface area contributed by atoms with Crippen LogP contribution in [-0.2, 0) is 0 Å². The Hall–Kier alpha value is -2.01. The van der Waals surface area contributed by atoms with Crippen molar-refractivity contribution in [2.24, 2.45) is 11.7 Å². The Morgan fingerprint density at radius 2 is 2.23 bits per heavy atom. The van der Waals surface area contributed by atoms with Crippen molar-refractivity contribution in [3.05, 3.63) is 41.3 Å². The van der Waals surface area contributed by atoms with Crippen LogP contribution < -0.4 is 5.73 Å². The highest BCUT2D eigenvalue weighted by atomic mass is 19.1. The van der Waals surface area contributed by atoms with Crippen molar-refractivity contribution in [3.63, 3.8) is 0 Å². The van der Waals surface area contributed by atoms with Crippen molar-refractivity contribution in [2.45, 2.75) is 26.3 Å². The van der Waals surface area contributed by atoms with E-state index in [2.05, 4.69) is 4.98 Å². The van der Waals surface area contributed by atoms with E-state index in [-0.39, 0.29) is 17.8 Å². The van der Waals surface area contributed by atoms with E-state index in [4.69, 9.17) is 5.73 Å². The molecular formula is C17H20FN3O. The van der Waals surface area contributed by atoms with Crippen molar-refractivity contribution >= 4 is 16.8 Å². The van der Waals surface area contributed by atoms with Gasteiger partial charge in [-0.3, -0.25) is 9.78 Å². The molecule has 2 atom stereocenters. The highest BCUT2D eigenvalue weighted by Crippen LogP contribution is 2.26. The van der Waals surface area contributed by atoms with Gasteiger partial charge in [-0.2, -0.15) is 0 Å². The van der Waals surface area contributed by atoms with Crippen LogP contribution in [0.2, 0.25) is 0 Å². The van der Waals surface area contributed by atoms with Crippen LogP contribution >= 0.6 is 0 Å². The molecule has 5 heteroatoms. The zero-order valence-corrected chi connectivity index (χ0v) is 12.8. The van der Waals surface area contributed by atoms with Gasteiger partial charge in [0.25, 0.3) is 5.91 Å². The van der Waals surface area contributed by atoms with Gasteiger partial charge in [-0.25, -0.2) is 4.39 Å². The van der Waals surface area contributed by atoms with E-state index in [0.717, 1.165) is 11.8 Å². The summed E-state index contributed by atoms with van der Waals surface area (Å²) >= 11 is 0. The zero-order chi connectivity index (χ0) is 15.9. The Balaban J connectivity index is 1.97. The molecule has 0 saturated carbocycles. The molecular weight excluding hydrogens is 281 g/mol. The molecule has 1 aliphatic heterocycles. The van der Waals surface area contributed by atoms with Crippen molar-refractivity contribution < 1.29 is 9.18 Å². The lowest BCUT2D eigenvalue weighted by Crippen LogP contribution is -2.35. The van der Waals surface area contributed by atoms with Gasteiger partial charge in [0, 0.05) is 24.0 Å². The number of halogens is 1. The second kappa shape index (κ2) is 5.65. The molecule has 2 N–H and O–H groups in total. The molecule has 0 radical (unpaired) electrons. The number of carbonyl (C=O) groups is 1. The third-order valence-electron chi connectivity index (χ3n) is 4.46. The lowest BCUT2D eigenvalue weighted by molar-refractivity contribution is 0.0742. The number of likely N-dealkylation sites (tertiary alicyclic amines) is 1. The van der Waals surface area contributed by atoms with Gasteiger partial charge in [-0.15, -0.1) is 0 Å². The normalized spacial score (nSPS) is 21.5. The highest BCUT2D eigenvalue weighted by Gasteiger charge is 2.32. The monoisotopic (exact) mass is 301 g/mol. The largest absolute Gasteiger partial charge is 0.336 e. The van der Waals surface area contributed by atoms with E-state index in [1.807, 2.05) is 17.9 Å². The lowest BCUT2D eigenvalue weighted by atomic mass is 10.1. The van der Waals surface area contributed by atoms with Crippen LogP contribution in [-0.4, -0.2) is 34.9 Å². The van der Waals surface area contributed by atoms with Gasteiger partial charge in [-0.1, -0.05) is 0 Å². The van der Waals surface area contributed by atoms with Crippen LogP contribution in [0.4, 0.5) is 4.39 Å². The molecule has 1 saturated heterocycles. The molecule has 4 nitrogen and oxygen atoms in total. The molecule has 22 heavy (non-hydrogen) atoms. The number of nitrogens with two attached hydrogens (primary N) is 1. The van der Waals surface area contributed by atoms with E-state index < -0.39 is 0 Å². The van der Waals surface area contributed by atoms with Crippen LogP contribution in [0.1, 0.15) is 29.4 Å². The molecule has 3 rings (SSSR count).